The summed E-state index contributed by atoms with van der Waals surface area (Å²) in [6, 6.07) is 0. The fraction of sp³-hybridized carbons (Fsp3) is 0.900. The van der Waals surface area contributed by atoms with Crippen LogP contribution in [-0.2, 0) is 9.22 Å². The highest BCUT2D eigenvalue weighted by molar-refractivity contribution is 6.74. The predicted octanol–water partition coefficient (Wildman–Crippen LogP) is 3.20. The van der Waals surface area contributed by atoms with Crippen molar-refractivity contribution in [3.63, 3.8) is 0 Å². The first-order valence-corrected chi connectivity index (χ1v) is 8.32. The Morgan fingerprint density at radius 2 is 1.86 bits per heavy atom. The van der Waals surface area contributed by atoms with Gasteiger partial charge in [-0.1, -0.05) is 20.8 Å². The van der Waals surface area contributed by atoms with Crippen molar-refractivity contribution in [1.29, 1.82) is 0 Å². The van der Waals surface area contributed by atoms with Crippen LogP contribution in [0.25, 0.3) is 0 Å². The van der Waals surface area contributed by atoms with E-state index < -0.39 is 8.32 Å². The number of halogens is 1. The van der Waals surface area contributed by atoms with Gasteiger partial charge in [-0.3, -0.25) is 4.79 Å². The van der Waals surface area contributed by atoms with E-state index in [1.807, 2.05) is 0 Å². The average Bonchev–Trinajstić information content (AvgIpc) is 2.00. The van der Waals surface area contributed by atoms with Gasteiger partial charge in [0.05, 0.1) is 5.88 Å². The molecule has 0 unspecified atom stereocenters. The van der Waals surface area contributed by atoms with E-state index in [0.29, 0.717) is 0 Å². The molecule has 0 saturated carbocycles. The Bertz CT molecular complexity index is 209. The van der Waals surface area contributed by atoms with E-state index in [0.717, 1.165) is 0 Å². The van der Waals surface area contributed by atoms with E-state index in [1.165, 1.54) is 0 Å². The maximum absolute atomic E-state index is 11.3. The Morgan fingerprint density at radius 3 is 2.14 bits per heavy atom. The molecule has 0 aromatic carbocycles. The molecule has 0 fully saturated rings. The molecule has 1 atom stereocenters. The van der Waals surface area contributed by atoms with Gasteiger partial charge < -0.3 is 4.43 Å². The minimum Gasteiger partial charge on any atom is -0.407 e. The predicted molar refractivity (Wildman–Crippen MR) is 63.5 cm³/mol. The molecule has 0 aliphatic heterocycles. The summed E-state index contributed by atoms with van der Waals surface area (Å²) in [5, 5.41) is 0.133. The Balaban J connectivity index is 4.44. The highest BCUT2D eigenvalue weighted by Crippen LogP contribution is 2.37. The lowest BCUT2D eigenvalue weighted by Crippen LogP contribution is -2.45. The van der Waals surface area contributed by atoms with Crippen LogP contribution < -0.4 is 0 Å². The quantitative estimate of drug-likeness (QED) is 0.554. The lowest BCUT2D eigenvalue weighted by Gasteiger charge is -2.37. The molecule has 0 N–H and O–H groups in total. The molecule has 0 amide bonds. The summed E-state index contributed by atoms with van der Waals surface area (Å²) in [5.41, 5.74) is 0. The molecule has 2 nitrogen and oxygen atoms in total. The zero-order valence-electron chi connectivity index (χ0n) is 9.98. The second-order valence-electron chi connectivity index (χ2n) is 5.12. The van der Waals surface area contributed by atoms with Gasteiger partial charge in [0.1, 0.15) is 6.10 Å². The minimum absolute atomic E-state index is 0.0310. The molecule has 0 rings (SSSR count). The van der Waals surface area contributed by atoms with E-state index in [1.54, 1.807) is 6.92 Å². The average molecular weight is 237 g/mol. The van der Waals surface area contributed by atoms with Crippen molar-refractivity contribution in [3.05, 3.63) is 0 Å². The normalized spacial score (nSPS) is 15.4. The van der Waals surface area contributed by atoms with Gasteiger partial charge in [0.25, 0.3) is 0 Å². The summed E-state index contributed by atoms with van der Waals surface area (Å²) in [7, 11) is -1.83. The van der Waals surface area contributed by atoms with Crippen LogP contribution in [0.5, 0.6) is 0 Å². The van der Waals surface area contributed by atoms with Crippen LogP contribution in [-0.4, -0.2) is 26.1 Å². The SMILES string of the molecule is C[C@@H](O[Si](C)(C)C(C)(C)C)C(=O)CCl. The third kappa shape index (κ3) is 3.71. The molecule has 0 bridgehead atoms. The molecular weight excluding hydrogens is 216 g/mol. The van der Waals surface area contributed by atoms with Crippen molar-refractivity contribution < 1.29 is 9.22 Å². The molecule has 0 heterocycles. The molecule has 4 heteroatoms. The van der Waals surface area contributed by atoms with E-state index in [-0.39, 0.29) is 22.8 Å². The van der Waals surface area contributed by atoms with E-state index in [4.69, 9.17) is 16.0 Å². The summed E-state index contributed by atoms with van der Waals surface area (Å²) in [5.74, 6) is 0.00646. The summed E-state index contributed by atoms with van der Waals surface area (Å²) >= 11 is 5.48. The Hall–Kier alpha value is 0.137. The van der Waals surface area contributed by atoms with Crippen LogP contribution in [0.3, 0.4) is 0 Å². The maximum Gasteiger partial charge on any atom is 0.193 e. The van der Waals surface area contributed by atoms with Crippen molar-refractivity contribution in [1.82, 2.24) is 0 Å². The number of hydrogen-bond acceptors (Lipinski definition) is 2. The third-order valence-corrected chi connectivity index (χ3v) is 7.68. The van der Waals surface area contributed by atoms with Crippen LogP contribution >= 0.6 is 11.6 Å². The zero-order valence-corrected chi connectivity index (χ0v) is 11.7. The molecule has 0 aliphatic rings. The molecule has 0 radical (unpaired) electrons. The summed E-state index contributed by atoms with van der Waals surface area (Å²) in [4.78, 5) is 11.3. The second-order valence-corrected chi connectivity index (χ2v) is 10.1. The van der Waals surface area contributed by atoms with Gasteiger partial charge in [-0.15, -0.1) is 11.6 Å². The van der Waals surface area contributed by atoms with Crippen molar-refractivity contribution in [2.45, 2.75) is 51.9 Å². The number of hydrogen-bond donors (Lipinski definition) is 0. The van der Waals surface area contributed by atoms with Crippen molar-refractivity contribution in [2.75, 3.05) is 5.88 Å². The minimum atomic E-state index is -1.83. The molecule has 0 aromatic rings. The Labute approximate surface area is 93.1 Å². The van der Waals surface area contributed by atoms with Gasteiger partial charge in [-0.25, -0.2) is 0 Å². The second kappa shape index (κ2) is 4.77. The van der Waals surface area contributed by atoms with Gasteiger partial charge in [0.15, 0.2) is 14.1 Å². The fourth-order valence-electron chi connectivity index (χ4n) is 0.793. The van der Waals surface area contributed by atoms with E-state index in [2.05, 4.69) is 33.9 Å². The van der Waals surface area contributed by atoms with Crippen LogP contribution in [0.4, 0.5) is 0 Å². The molecule has 0 saturated heterocycles. The Kier molecular flexibility index (Phi) is 4.82. The third-order valence-electron chi connectivity index (χ3n) is 2.86. The first-order chi connectivity index (χ1) is 6.12. The van der Waals surface area contributed by atoms with Gasteiger partial charge in [0, 0.05) is 0 Å². The van der Waals surface area contributed by atoms with Gasteiger partial charge in [0.2, 0.25) is 0 Å². The molecule has 84 valence electrons. The number of carbonyl (C=O) groups excluding carboxylic acids is 1. The fourth-order valence-corrected chi connectivity index (χ4v) is 2.38. The number of alkyl halides is 1. The number of rotatable bonds is 4. The smallest absolute Gasteiger partial charge is 0.193 e. The summed E-state index contributed by atoms with van der Waals surface area (Å²) < 4.78 is 5.86. The van der Waals surface area contributed by atoms with Gasteiger partial charge in [-0.05, 0) is 25.1 Å². The molecule has 14 heavy (non-hydrogen) atoms. The van der Waals surface area contributed by atoms with Gasteiger partial charge in [-0.2, -0.15) is 0 Å². The topological polar surface area (TPSA) is 26.3 Å². The first-order valence-electron chi connectivity index (χ1n) is 4.88. The van der Waals surface area contributed by atoms with Crippen LogP contribution in [0.15, 0.2) is 0 Å². The van der Waals surface area contributed by atoms with Crippen LogP contribution in [0.1, 0.15) is 27.7 Å². The summed E-state index contributed by atoms with van der Waals surface area (Å²) in [6.45, 7) is 12.5. The maximum atomic E-state index is 11.3. The Morgan fingerprint density at radius 1 is 1.43 bits per heavy atom. The summed E-state index contributed by atoms with van der Waals surface area (Å²) in [6.07, 6.45) is -0.367. The standard InChI is InChI=1S/C10H21ClO2Si/c1-8(9(12)7-11)13-14(5,6)10(2,3)4/h8H,7H2,1-6H3/t8-/m1/s1. The number of ketones is 1. The number of carbonyl (C=O) groups is 1. The van der Waals surface area contributed by atoms with Gasteiger partial charge >= 0.3 is 0 Å². The molecule has 0 aromatic heterocycles. The largest absolute Gasteiger partial charge is 0.407 e. The van der Waals surface area contributed by atoms with Crippen molar-refractivity contribution >= 4 is 25.7 Å². The molecule has 0 spiro atoms. The van der Waals surface area contributed by atoms with Crippen molar-refractivity contribution in [2.24, 2.45) is 0 Å². The highest BCUT2D eigenvalue weighted by atomic mass is 35.5. The molecule has 0 aliphatic carbocycles. The monoisotopic (exact) mass is 236 g/mol. The first kappa shape index (κ1) is 14.1. The lowest BCUT2D eigenvalue weighted by molar-refractivity contribution is -0.123. The van der Waals surface area contributed by atoms with Crippen molar-refractivity contribution in [3.8, 4) is 0 Å². The van der Waals surface area contributed by atoms with E-state index >= 15 is 0 Å². The van der Waals surface area contributed by atoms with Crippen LogP contribution in [0, 0.1) is 0 Å². The zero-order chi connectivity index (χ0) is 11.6. The van der Waals surface area contributed by atoms with Crippen LogP contribution in [0.2, 0.25) is 18.1 Å². The molecular formula is C10H21ClO2Si. The lowest BCUT2D eigenvalue weighted by atomic mass is 10.2. The number of Topliss-reactive ketones (excluding diaryl/α,β-unsaturated/α-hetero) is 1. The van der Waals surface area contributed by atoms with E-state index in [9.17, 15) is 4.79 Å². The highest BCUT2D eigenvalue weighted by Gasteiger charge is 2.39.